The highest BCUT2D eigenvalue weighted by atomic mass is 127. The van der Waals surface area contributed by atoms with E-state index >= 15 is 0 Å². The molecule has 1 aromatic heterocycles. The van der Waals surface area contributed by atoms with Crippen molar-refractivity contribution in [3.05, 3.63) is 48.1 Å². The summed E-state index contributed by atoms with van der Waals surface area (Å²) in [7, 11) is 0. The second-order valence-electron chi connectivity index (χ2n) is 3.96. The van der Waals surface area contributed by atoms with Crippen molar-refractivity contribution in [3.63, 3.8) is 0 Å². The van der Waals surface area contributed by atoms with Gasteiger partial charge in [-0.15, -0.1) is 11.3 Å². The Morgan fingerprint density at radius 3 is 2.76 bits per heavy atom. The molecule has 1 aromatic carbocycles. The summed E-state index contributed by atoms with van der Waals surface area (Å²) < 4.78 is 2.44. The van der Waals surface area contributed by atoms with Gasteiger partial charge >= 0.3 is 0 Å². The van der Waals surface area contributed by atoms with Crippen molar-refractivity contribution in [2.45, 2.75) is 19.9 Å². The summed E-state index contributed by atoms with van der Waals surface area (Å²) in [5, 5.41) is 5.68. The van der Waals surface area contributed by atoms with Gasteiger partial charge in [-0.1, -0.05) is 6.07 Å². The average molecular weight is 422 g/mol. The minimum atomic E-state index is 0.321. The van der Waals surface area contributed by atoms with E-state index in [0.29, 0.717) is 6.04 Å². The van der Waals surface area contributed by atoms with E-state index < -0.39 is 0 Å². The molecule has 0 spiro atoms. The minimum Gasteiger partial charge on any atom is -0.377 e. The molecular formula is C13H13BrINS. The van der Waals surface area contributed by atoms with Crippen LogP contribution in [0.25, 0.3) is 0 Å². The standard InChI is InChI=1S/C13H13BrINS/c1-8-3-4-10(15)7-12(8)16-9(2)13-11(14)5-6-17-13/h3-7,9,16H,1-2H3. The molecule has 0 saturated carbocycles. The maximum absolute atomic E-state index is 3.58. The zero-order chi connectivity index (χ0) is 12.4. The zero-order valence-corrected chi connectivity index (χ0v) is 14.2. The van der Waals surface area contributed by atoms with Crippen LogP contribution in [-0.2, 0) is 0 Å². The van der Waals surface area contributed by atoms with Crippen LogP contribution in [0.3, 0.4) is 0 Å². The van der Waals surface area contributed by atoms with Crippen LogP contribution < -0.4 is 5.32 Å². The molecule has 4 heteroatoms. The summed E-state index contributed by atoms with van der Waals surface area (Å²) in [5.74, 6) is 0. The first kappa shape index (κ1) is 13.4. The van der Waals surface area contributed by atoms with Gasteiger partial charge in [0.25, 0.3) is 0 Å². The molecule has 0 amide bonds. The van der Waals surface area contributed by atoms with Crippen LogP contribution in [0.1, 0.15) is 23.4 Å². The average Bonchev–Trinajstić information content (AvgIpc) is 2.70. The summed E-state index contributed by atoms with van der Waals surface area (Å²) in [6, 6.07) is 8.89. The van der Waals surface area contributed by atoms with Gasteiger partial charge in [0.2, 0.25) is 0 Å². The first-order chi connectivity index (χ1) is 8.08. The first-order valence-corrected chi connectivity index (χ1v) is 8.08. The van der Waals surface area contributed by atoms with Gasteiger partial charge in [0.15, 0.2) is 0 Å². The first-order valence-electron chi connectivity index (χ1n) is 5.33. The molecule has 0 aliphatic rings. The Hall–Kier alpha value is -0.0700. The number of thiophene rings is 1. The van der Waals surface area contributed by atoms with E-state index in [-0.39, 0.29) is 0 Å². The highest BCUT2D eigenvalue weighted by Crippen LogP contribution is 2.32. The van der Waals surface area contributed by atoms with Crippen LogP contribution in [0.4, 0.5) is 5.69 Å². The van der Waals surface area contributed by atoms with Crippen molar-refractivity contribution in [2.24, 2.45) is 0 Å². The minimum absolute atomic E-state index is 0.321. The third-order valence-electron chi connectivity index (χ3n) is 2.61. The van der Waals surface area contributed by atoms with Gasteiger partial charge in [0.05, 0.1) is 6.04 Å². The van der Waals surface area contributed by atoms with Crippen molar-refractivity contribution < 1.29 is 0 Å². The molecule has 2 aromatic rings. The lowest BCUT2D eigenvalue weighted by molar-refractivity contribution is 0.900. The summed E-state index contributed by atoms with van der Waals surface area (Å²) in [5.41, 5.74) is 2.50. The van der Waals surface area contributed by atoms with E-state index in [4.69, 9.17) is 0 Å². The highest BCUT2D eigenvalue weighted by Gasteiger charge is 2.11. The van der Waals surface area contributed by atoms with Crippen LogP contribution in [0, 0.1) is 10.5 Å². The lowest BCUT2D eigenvalue weighted by Gasteiger charge is -2.16. The molecule has 0 aliphatic heterocycles. The van der Waals surface area contributed by atoms with Gasteiger partial charge in [0.1, 0.15) is 0 Å². The topological polar surface area (TPSA) is 12.0 Å². The Labute approximate surface area is 128 Å². The molecule has 1 N–H and O–H groups in total. The van der Waals surface area contributed by atoms with Crippen LogP contribution in [0.15, 0.2) is 34.1 Å². The molecule has 17 heavy (non-hydrogen) atoms. The monoisotopic (exact) mass is 421 g/mol. The third-order valence-corrected chi connectivity index (χ3v) is 5.33. The van der Waals surface area contributed by atoms with Crippen molar-refractivity contribution in [1.29, 1.82) is 0 Å². The van der Waals surface area contributed by atoms with Crippen LogP contribution in [0.2, 0.25) is 0 Å². The fraction of sp³-hybridized carbons (Fsp3) is 0.231. The summed E-state index contributed by atoms with van der Waals surface area (Å²) in [4.78, 5) is 1.34. The second kappa shape index (κ2) is 5.71. The van der Waals surface area contributed by atoms with Crippen molar-refractivity contribution in [2.75, 3.05) is 5.32 Å². The van der Waals surface area contributed by atoms with Crippen LogP contribution in [0.5, 0.6) is 0 Å². The lowest BCUT2D eigenvalue weighted by atomic mass is 10.2. The molecule has 0 fully saturated rings. The zero-order valence-electron chi connectivity index (χ0n) is 9.63. The number of aryl methyl sites for hydroxylation is 1. The molecule has 0 aliphatic carbocycles. The highest BCUT2D eigenvalue weighted by molar-refractivity contribution is 14.1. The summed E-state index contributed by atoms with van der Waals surface area (Å²) in [6.45, 7) is 4.32. The van der Waals surface area contributed by atoms with Gasteiger partial charge in [-0.25, -0.2) is 0 Å². The third kappa shape index (κ3) is 3.23. The molecule has 0 bridgehead atoms. The summed E-state index contributed by atoms with van der Waals surface area (Å²) >= 11 is 7.70. The van der Waals surface area contributed by atoms with E-state index in [1.165, 1.54) is 24.2 Å². The molecule has 1 heterocycles. The number of hydrogen-bond donors (Lipinski definition) is 1. The Kier molecular flexibility index (Phi) is 4.49. The van der Waals surface area contributed by atoms with Crippen molar-refractivity contribution in [1.82, 2.24) is 0 Å². The largest absolute Gasteiger partial charge is 0.377 e. The van der Waals surface area contributed by atoms with Crippen LogP contribution in [-0.4, -0.2) is 0 Å². The number of anilines is 1. The van der Waals surface area contributed by atoms with E-state index in [9.17, 15) is 0 Å². The van der Waals surface area contributed by atoms with Gasteiger partial charge < -0.3 is 5.32 Å². The molecule has 2 rings (SSSR count). The van der Waals surface area contributed by atoms with Gasteiger partial charge in [-0.05, 0) is 81.5 Å². The SMILES string of the molecule is Cc1ccc(I)cc1NC(C)c1sccc1Br. The molecular weight excluding hydrogens is 409 g/mol. The fourth-order valence-electron chi connectivity index (χ4n) is 1.66. The maximum Gasteiger partial charge on any atom is 0.0589 e. The smallest absolute Gasteiger partial charge is 0.0589 e. The quantitative estimate of drug-likeness (QED) is 0.636. The van der Waals surface area contributed by atoms with Gasteiger partial charge in [-0.3, -0.25) is 0 Å². The lowest BCUT2D eigenvalue weighted by Crippen LogP contribution is -2.06. The molecule has 1 nitrogen and oxygen atoms in total. The summed E-state index contributed by atoms with van der Waals surface area (Å²) in [6.07, 6.45) is 0. The Morgan fingerprint density at radius 1 is 1.35 bits per heavy atom. The van der Waals surface area contributed by atoms with E-state index in [1.54, 1.807) is 11.3 Å². The predicted octanol–water partition coefficient (Wildman–Crippen LogP) is 5.60. The van der Waals surface area contributed by atoms with Gasteiger partial charge in [0, 0.05) is 18.6 Å². The normalized spacial score (nSPS) is 12.5. The second-order valence-corrected chi connectivity index (χ2v) is 7.01. The molecule has 90 valence electrons. The number of rotatable bonds is 3. The molecule has 0 saturated heterocycles. The maximum atomic E-state index is 3.58. The Bertz CT molecular complexity index is 524. The van der Waals surface area contributed by atoms with E-state index in [0.717, 1.165) is 0 Å². The van der Waals surface area contributed by atoms with E-state index in [2.05, 4.69) is 87.3 Å². The van der Waals surface area contributed by atoms with Gasteiger partial charge in [-0.2, -0.15) is 0 Å². The number of halogens is 2. The molecule has 1 atom stereocenters. The number of benzene rings is 1. The predicted molar refractivity (Wildman–Crippen MR) is 88.0 cm³/mol. The Morgan fingerprint density at radius 2 is 2.12 bits per heavy atom. The Balaban J connectivity index is 2.21. The number of hydrogen-bond acceptors (Lipinski definition) is 2. The molecule has 0 radical (unpaired) electrons. The fourth-order valence-corrected chi connectivity index (χ4v) is 3.88. The van der Waals surface area contributed by atoms with Crippen LogP contribution >= 0.6 is 49.9 Å². The van der Waals surface area contributed by atoms with E-state index in [1.807, 2.05) is 0 Å². The number of nitrogens with one attached hydrogen (secondary N) is 1. The van der Waals surface area contributed by atoms with Crippen molar-refractivity contribution in [3.8, 4) is 0 Å². The van der Waals surface area contributed by atoms with Crippen molar-refractivity contribution >= 4 is 55.5 Å². The molecule has 1 unspecified atom stereocenters.